The monoisotopic (exact) mass is 574 g/mol. The highest BCUT2D eigenvalue weighted by molar-refractivity contribution is 6.35. The molecule has 10 nitrogen and oxygen atoms in total. The molecule has 0 spiro atoms. The third-order valence-corrected chi connectivity index (χ3v) is 8.26. The predicted molar refractivity (Wildman–Crippen MR) is 152 cm³/mol. The van der Waals surface area contributed by atoms with Gasteiger partial charge in [0.15, 0.2) is 17.5 Å². The highest BCUT2D eigenvalue weighted by Gasteiger charge is 2.30. The number of hydrogen-bond acceptors (Lipinski definition) is 8. The number of morpholine rings is 1. The Morgan fingerprint density at radius 1 is 1.10 bits per heavy atom. The average molecular weight is 575 g/mol. The average Bonchev–Trinajstić information content (AvgIpc) is 3.43. The molecule has 2 saturated heterocycles. The van der Waals surface area contributed by atoms with Crippen LogP contribution in [0.2, 0.25) is 5.02 Å². The molecule has 1 aromatic heterocycles. The Hall–Kier alpha value is -3.48. The fourth-order valence-electron chi connectivity index (χ4n) is 5.15. The molecule has 0 bridgehead atoms. The van der Waals surface area contributed by atoms with E-state index in [0.29, 0.717) is 56.6 Å². The molecular formula is C27H33ClF2N8O2. The molecule has 0 aliphatic carbocycles. The number of ether oxygens (including phenoxy) is 1. The molecule has 214 valence electrons. The van der Waals surface area contributed by atoms with Crippen molar-refractivity contribution in [3.05, 3.63) is 52.2 Å². The number of nitrogen functional groups attached to an aromatic ring is 1. The van der Waals surface area contributed by atoms with Gasteiger partial charge in [-0.2, -0.15) is 0 Å². The zero-order valence-corrected chi connectivity index (χ0v) is 23.7. The molecule has 3 heterocycles. The van der Waals surface area contributed by atoms with Crippen molar-refractivity contribution in [2.45, 2.75) is 32.9 Å². The van der Waals surface area contributed by atoms with Crippen LogP contribution in [-0.4, -0.2) is 84.3 Å². The number of piperazine rings is 1. The van der Waals surface area contributed by atoms with E-state index in [1.165, 1.54) is 29.8 Å². The number of carbonyl (C=O) groups excluding carboxylic acids is 1. The van der Waals surface area contributed by atoms with E-state index in [1.54, 1.807) is 6.20 Å². The van der Waals surface area contributed by atoms with Crippen LogP contribution in [0.4, 0.5) is 31.7 Å². The van der Waals surface area contributed by atoms with Crippen LogP contribution in [-0.2, 0) is 4.74 Å². The summed E-state index contributed by atoms with van der Waals surface area (Å²) >= 11 is 6.34. The van der Waals surface area contributed by atoms with E-state index in [-0.39, 0.29) is 39.6 Å². The Labute approximate surface area is 236 Å². The summed E-state index contributed by atoms with van der Waals surface area (Å²) < 4.78 is 36.7. The van der Waals surface area contributed by atoms with E-state index in [9.17, 15) is 9.18 Å². The first-order chi connectivity index (χ1) is 19.0. The van der Waals surface area contributed by atoms with E-state index < -0.39 is 17.5 Å². The molecule has 3 N–H and O–H groups in total. The molecule has 2 fully saturated rings. The molecule has 2 aromatic carbocycles. The Morgan fingerprint density at radius 3 is 2.45 bits per heavy atom. The van der Waals surface area contributed by atoms with Crippen molar-refractivity contribution >= 4 is 40.4 Å². The maximum Gasteiger partial charge on any atom is 0.257 e. The molecule has 2 aliphatic heterocycles. The number of anilines is 4. The van der Waals surface area contributed by atoms with Crippen molar-refractivity contribution in [2.75, 3.05) is 67.3 Å². The summed E-state index contributed by atoms with van der Waals surface area (Å²) in [7, 11) is 2.05. The zero-order chi connectivity index (χ0) is 28.7. The van der Waals surface area contributed by atoms with Gasteiger partial charge in [0, 0.05) is 49.9 Å². The Balaban J connectivity index is 1.55. The summed E-state index contributed by atoms with van der Waals surface area (Å²) in [5, 5.41) is 11.2. The quantitative estimate of drug-likeness (QED) is 0.445. The van der Waals surface area contributed by atoms with E-state index >= 15 is 4.39 Å². The molecule has 1 amide bonds. The van der Waals surface area contributed by atoms with Crippen molar-refractivity contribution in [2.24, 2.45) is 0 Å². The first kappa shape index (κ1) is 28.1. The second-order valence-electron chi connectivity index (χ2n) is 10.4. The van der Waals surface area contributed by atoms with E-state index in [2.05, 4.69) is 41.4 Å². The summed E-state index contributed by atoms with van der Waals surface area (Å²) in [6.45, 7) is 9.34. The lowest BCUT2D eigenvalue weighted by molar-refractivity contribution is 0.102. The fraction of sp³-hybridized carbons (Fsp3) is 0.444. The van der Waals surface area contributed by atoms with Crippen molar-refractivity contribution in [3.63, 3.8) is 0 Å². The summed E-state index contributed by atoms with van der Waals surface area (Å²) in [6, 6.07) is 4.51. The van der Waals surface area contributed by atoms with Crippen molar-refractivity contribution in [1.29, 1.82) is 0 Å². The largest absolute Gasteiger partial charge is 0.396 e. The van der Waals surface area contributed by atoms with Crippen molar-refractivity contribution < 1.29 is 18.3 Å². The molecular weight excluding hydrogens is 542 g/mol. The minimum Gasteiger partial charge on any atom is -0.396 e. The number of aromatic nitrogens is 3. The molecule has 0 radical (unpaired) electrons. The highest BCUT2D eigenvalue weighted by Crippen LogP contribution is 2.35. The maximum atomic E-state index is 15.7. The topological polar surface area (TPSA) is 105 Å². The maximum absolute atomic E-state index is 15.7. The number of likely N-dealkylation sites (N-methyl/N-ethyl adjacent to an activating group) is 1. The number of nitrogens with two attached hydrogens (primary N) is 1. The minimum atomic E-state index is -0.672. The standard InChI is InChI=1S/C27H33ClF2N8O2/c1-15-12-37(13-16(2)35(15)4)23-10-19(29)22(38-14-24(33-34-38)36-5-7-40-8-6-36)11-21(23)32-27(39)18-9-20(31)26(30)17(3)25(18)28/h9-11,14-16H,5-8,12-13,31H2,1-4H3,(H,32,39)/t15-,16+. The third-order valence-electron chi connectivity index (χ3n) is 7.77. The van der Waals surface area contributed by atoms with Gasteiger partial charge in [0.2, 0.25) is 0 Å². The molecule has 2 aliphatic rings. The number of carbonyl (C=O) groups is 1. The second-order valence-corrected chi connectivity index (χ2v) is 10.8. The lowest BCUT2D eigenvalue weighted by atomic mass is 10.1. The second kappa shape index (κ2) is 11.2. The smallest absolute Gasteiger partial charge is 0.257 e. The Kier molecular flexibility index (Phi) is 7.85. The van der Waals surface area contributed by atoms with Gasteiger partial charge in [-0.15, -0.1) is 5.10 Å². The SMILES string of the molecule is Cc1c(F)c(N)cc(C(=O)Nc2cc(-n3cc(N4CCOCC4)nn3)c(F)cc2N2C[C@@H](C)N(C)[C@@H](C)C2)c1Cl. The zero-order valence-electron chi connectivity index (χ0n) is 22.9. The minimum absolute atomic E-state index is 0.0189. The third kappa shape index (κ3) is 5.30. The van der Waals surface area contributed by atoms with Crippen LogP contribution in [0.25, 0.3) is 5.69 Å². The van der Waals surface area contributed by atoms with Crippen LogP contribution in [0, 0.1) is 18.6 Å². The van der Waals surface area contributed by atoms with Gasteiger partial charge in [0.25, 0.3) is 5.91 Å². The van der Waals surface area contributed by atoms with E-state index in [1.807, 2.05) is 9.80 Å². The lowest BCUT2D eigenvalue weighted by Crippen LogP contribution is -2.55. The van der Waals surface area contributed by atoms with Gasteiger partial charge in [-0.05, 0) is 40.0 Å². The van der Waals surface area contributed by atoms with Crippen LogP contribution in [0.15, 0.2) is 24.4 Å². The first-order valence-electron chi connectivity index (χ1n) is 13.2. The summed E-state index contributed by atoms with van der Waals surface area (Å²) in [6.07, 6.45) is 1.65. The number of nitrogens with zero attached hydrogens (tertiary/aromatic N) is 6. The Morgan fingerprint density at radius 2 is 1.77 bits per heavy atom. The molecule has 13 heteroatoms. The molecule has 5 rings (SSSR count). The number of amides is 1. The van der Waals surface area contributed by atoms with Gasteiger partial charge >= 0.3 is 0 Å². The van der Waals surface area contributed by atoms with Gasteiger partial charge in [0.1, 0.15) is 5.69 Å². The van der Waals surface area contributed by atoms with Crippen LogP contribution in [0.1, 0.15) is 29.8 Å². The fourth-order valence-corrected chi connectivity index (χ4v) is 5.38. The van der Waals surface area contributed by atoms with Crippen LogP contribution >= 0.6 is 11.6 Å². The first-order valence-corrected chi connectivity index (χ1v) is 13.5. The number of benzene rings is 2. The molecule has 0 unspecified atom stereocenters. The van der Waals surface area contributed by atoms with Gasteiger partial charge in [-0.25, -0.2) is 13.5 Å². The summed E-state index contributed by atoms with van der Waals surface area (Å²) in [5.74, 6) is -1.19. The predicted octanol–water partition coefficient (Wildman–Crippen LogP) is 3.71. The van der Waals surface area contributed by atoms with Gasteiger partial charge in [-0.1, -0.05) is 16.8 Å². The van der Waals surface area contributed by atoms with Crippen molar-refractivity contribution in [1.82, 2.24) is 19.9 Å². The Bertz CT molecular complexity index is 1420. The molecule has 40 heavy (non-hydrogen) atoms. The summed E-state index contributed by atoms with van der Waals surface area (Å²) in [4.78, 5) is 19.8. The summed E-state index contributed by atoms with van der Waals surface area (Å²) in [5.41, 5.74) is 6.67. The van der Waals surface area contributed by atoms with Gasteiger partial charge < -0.3 is 25.6 Å². The van der Waals surface area contributed by atoms with E-state index in [4.69, 9.17) is 22.1 Å². The number of halogens is 3. The van der Waals surface area contributed by atoms with Crippen molar-refractivity contribution in [3.8, 4) is 5.69 Å². The van der Waals surface area contributed by atoms with Crippen LogP contribution in [0.5, 0.6) is 0 Å². The molecule has 2 atom stereocenters. The van der Waals surface area contributed by atoms with Gasteiger partial charge in [-0.3, -0.25) is 9.69 Å². The van der Waals surface area contributed by atoms with E-state index in [0.717, 1.165) is 0 Å². The van der Waals surface area contributed by atoms with Gasteiger partial charge in [0.05, 0.1) is 47.1 Å². The van der Waals surface area contributed by atoms with Crippen LogP contribution in [0.3, 0.4) is 0 Å². The normalized spacial score (nSPS) is 20.2. The number of rotatable bonds is 5. The molecule has 0 saturated carbocycles. The number of nitrogens with one attached hydrogen (secondary N) is 1. The molecule has 3 aromatic rings. The van der Waals surface area contributed by atoms with Crippen LogP contribution < -0.4 is 20.9 Å². The lowest BCUT2D eigenvalue weighted by Gasteiger charge is -2.44. The number of hydrogen-bond donors (Lipinski definition) is 2. The highest BCUT2D eigenvalue weighted by atomic mass is 35.5.